The summed E-state index contributed by atoms with van der Waals surface area (Å²) >= 11 is 0. The molecule has 1 aliphatic rings. The van der Waals surface area contributed by atoms with E-state index in [4.69, 9.17) is 0 Å². The first-order valence-corrected chi connectivity index (χ1v) is 5.57. The van der Waals surface area contributed by atoms with Crippen LogP contribution >= 0.6 is 0 Å². The average molecular weight is 237 g/mol. The number of aryl methyl sites for hydroxylation is 1. The third-order valence-electron chi connectivity index (χ3n) is 2.80. The van der Waals surface area contributed by atoms with E-state index in [0.717, 1.165) is 0 Å². The highest BCUT2D eigenvalue weighted by atomic mass is 16.2. The van der Waals surface area contributed by atoms with Gasteiger partial charge in [0, 0.05) is 19.5 Å². The van der Waals surface area contributed by atoms with Gasteiger partial charge < -0.3 is 4.90 Å². The number of nitrogens with one attached hydrogen (secondary N) is 2. The maximum Gasteiger partial charge on any atom is 0.248 e. The second-order valence-corrected chi connectivity index (χ2v) is 4.07. The van der Waals surface area contributed by atoms with Crippen LogP contribution in [-0.4, -0.2) is 45.0 Å². The summed E-state index contributed by atoms with van der Waals surface area (Å²) in [6.07, 6.45) is 0.267. The molecule has 0 aromatic carbocycles. The second kappa shape index (κ2) is 4.52. The van der Waals surface area contributed by atoms with Gasteiger partial charge in [-0.25, -0.2) is 0 Å². The zero-order chi connectivity index (χ0) is 12.4. The molecule has 7 nitrogen and oxygen atoms in total. The van der Waals surface area contributed by atoms with Crippen molar-refractivity contribution in [3.63, 3.8) is 0 Å². The monoisotopic (exact) mass is 237 g/mol. The highest BCUT2D eigenvalue weighted by Crippen LogP contribution is 2.18. The van der Waals surface area contributed by atoms with Gasteiger partial charge in [0.25, 0.3) is 0 Å². The standard InChI is InChI=1S/C10H15N5O2/c1-3-15-5-7(4-8(15)16)9(17)12-10-11-6(2)13-14-10/h7H,3-5H2,1-2H3,(H2,11,12,13,14,17). The molecule has 0 saturated carbocycles. The third kappa shape index (κ3) is 2.43. The van der Waals surface area contributed by atoms with Gasteiger partial charge in [-0.3, -0.25) is 20.0 Å². The van der Waals surface area contributed by atoms with E-state index in [2.05, 4.69) is 20.5 Å². The topological polar surface area (TPSA) is 91.0 Å². The van der Waals surface area contributed by atoms with Gasteiger partial charge in [0.1, 0.15) is 5.82 Å². The van der Waals surface area contributed by atoms with Crippen molar-refractivity contribution in [3.8, 4) is 0 Å². The molecule has 1 aromatic rings. The molecule has 1 atom stereocenters. The van der Waals surface area contributed by atoms with Crippen LogP contribution < -0.4 is 5.32 Å². The molecule has 1 fully saturated rings. The smallest absolute Gasteiger partial charge is 0.248 e. The molecule has 0 radical (unpaired) electrons. The summed E-state index contributed by atoms with van der Waals surface area (Å²) in [5.41, 5.74) is 0. The van der Waals surface area contributed by atoms with Crippen molar-refractivity contribution in [2.24, 2.45) is 5.92 Å². The van der Waals surface area contributed by atoms with E-state index in [-0.39, 0.29) is 30.1 Å². The van der Waals surface area contributed by atoms with Crippen LogP contribution in [0.3, 0.4) is 0 Å². The predicted molar refractivity (Wildman–Crippen MR) is 60.1 cm³/mol. The van der Waals surface area contributed by atoms with Gasteiger partial charge in [0.05, 0.1) is 5.92 Å². The number of carbonyl (C=O) groups excluding carboxylic acids is 2. The lowest BCUT2D eigenvalue weighted by Gasteiger charge is -2.12. The van der Waals surface area contributed by atoms with E-state index in [9.17, 15) is 9.59 Å². The van der Waals surface area contributed by atoms with Crippen LogP contribution in [-0.2, 0) is 9.59 Å². The molecule has 0 spiro atoms. The van der Waals surface area contributed by atoms with Crippen LogP contribution in [0.25, 0.3) is 0 Å². The van der Waals surface area contributed by atoms with Gasteiger partial charge in [0.2, 0.25) is 17.8 Å². The van der Waals surface area contributed by atoms with Gasteiger partial charge in [-0.05, 0) is 13.8 Å². The van der Waals surface area contributed by atoms with Crippen LogP contribution in [0.15, 0.2) is 0 Å². The first-order chi connectivity index (χ1) is 8.10. The molecule has 92 valence electrons. The molecule has 0 bridgehead atoms. The Morgan fingerprint density at radius 3 is 2.94 bits per heavy atom. The fraction of sp³-hybridized carbons (Fsp3) is 0.600. The molecule has 2 rings (SSSR count). The molecular weight excluding hydrogens is 222 g/mol. The Morgan fingerprint density at radius 1 is 1.65 bits per heavy atom. The highest BCUT2D eigenvalue weighted by molar-refractivity contribution is 5.96. The van der Waals surface area contributed by atoms with E-state index >= 15 is 0 Å². The Labute approximate surface area is 98.6 Å². The van der Waals surface area contributed by atoms with E-state index in [0.29, 0.717) is 18.9 Å². The fourth-order valence-electron chi connectivity index (χ4n) is 1.86. The Morgan fingerprint density at radius 2 is 2.41 bits per heavy atom. The minimum absolute atomic E-state index is 0.0267. The van der Waals surface area contributed by atoms with Gasteiger partial charge >= 0.3 is 0 Å². The fourth-order valence-corrected chi connectivity index (χ4v) is 1.86. The first-order valence-electron chi connectivity index (χ1n) is 5.57. The number of amides is 2. The van der Waals surface area contributed by atoms with Crippen LogP contribution in [0.1, 0.15) is 19.2 Å². The van der Waals surface area contributed by atoms with Crippen molar-refractivity contribution in [2.75, 3.05) is 18.4 Å². The Kier molecular flexibility index (Phi) is 3.08. The van der Waals surface area contributed by atoms with Crippen molar-refractivity contribution in [2.45, 2.75) is 20.3 Å². The molecule has 1 aliphatic heterocycles. The molecule has 7 heteroatoms. The van der Waals surface area contributed by atoms with Crippen molar-refractivity contribution < 1.29 is 9.59 Å². The molecule has 1 unspecified atom stereocenters. The predicted octanol–water partition coefficient (Wildman–Crippen LogP) is -0.0800. The van der Waals surface area contributed by atoms with Gasteiger partial charge in [-0.2, -0.15) is 4.98 Å². The van der Waals surface area contributed by atoms with Crippen molar-refractivity contribution >= 4 is 17.8 Å². The highest BCUT2D eigenvalue weighted by Gasteiger charge is 2.33. The molecule has 2 N–H and O–H groups in total. The Hall–Kier alpha value is -1.92. The number of hydrogen-bond donors (Lipinski definition) is 2. The number of H-pyrrole nitrogens is 1. The number of likely N-dealkylation sites (tertiary alicyclic amines) is 1. The number of rotatable bonds is 3. The Bertz CT molecular complexity index is 442. The lowest BCUT2D eigenvalue weighted by Crippen LogP contribution is -2.28. The quantitative estimate of drug-likeness (QED) is 0.769. The van der Waals surface area contributed by atoms with E-state index in [1.807, 2.05) is 6.92 Å². The largest absolute Gasteiger partial charge is 0.342 e. The zero-order valence-corrected chi connectivity index (χ0v) is 9.86. The van der Waals surface area contributed by atoms with Crippen LogP contribution in [0.4, 0.5) is 5.95 Å². The summed E-state index contributed by atoms with van der Waals surface area (Å²) in [5.74, 6) is 0.418. The summed E-state index contributed by atoms with van der Waals surface area (Å²) in [5, 5.41) is 9.06. The summed E-state index contributed by atoms with van der Waals surface area (Å²) < 4.78 is 0. The van der Waals surface area contributed by atoms with Crippen molar-refractivity contribution in [3.05, 3.63) is 5.82 Å². The Balaban J connectivity index is 1.95. The van der Waals surface area contributed by atoms with Gasteiger partial charge in [-0.15, -0.1) is 5.10 Å². The molecule has 1 aromatic heterocycles. The van der Waals surface area contributed by atoms with Gasteiger partial charge in [-0.1, -0.05) is 0 Å². The van der Waals surface area contributed by atoms with Crippen LogP contribution in [0, 0.1) is 12.8 Å². The molecule has 1 saturated heterocycles. The van der Waals surface area contributed by atoms with Crippen LogP contribution in [0.2, 0.25) is 0 Å². The SMILES string of the molecule is CCN1CC(C(=O)Nc2n[nH]c(C)n2)CC1=O. The van der Waals surface area contributed by atoms with Crippen molar-refractivity contribution in [1.29, 1.82) is 0 Å². The summed E-state index contributed by atoms with van der Waals surface area (Å²) in [4.78, 5) is 29.0. The molecule has 2 amide bonds. The van der Waals surface area contributed by atoms with E-state index < -0.39 is 0 Å². The van der Waals surface area contributed by atoms with Crippen LogP contribution in [0.5, 0.6) is 0 Å². The average Bonchev–Trinajstić information content (AvgIpc) is 2.85. The van der Waals surface area contributed by atoms with Crippen molar-refractivity contribution in [1.82, 2.24) is 20.1 Å². The molecular formula is C10H15N5O2. The normalized spacial score (nSPS) is 19.8. The molecule has 0 aliphatic carbocycles. The number of anilines is 1. The minimum atomic E-state index is -0.304. The lowest BCUT2D eigenvalue weighted by molar-refractivity contribution is -0.128. The number of aromatic nitrogens is 3. The van der Waals surface area contributed by atoms with E-state index in [1.165, 1.54) is 0 Å². The number of hydrogen-bond acceptors (Lipinski definition) is 4. The molecule has 2 heterocycles. The maximum absolute atomic E-state index is 11.8. The first kappa shape index (κ1) is 11.6. The molecule has 17 heavy (non-hydrogen) atoms. The number of carbonyl (C=O) groups is 2. The minimum Gasteiger partial charge on any atom is -0.342 e. The van der Waals surface area contributed by atoms with E-state index in [1.54, 1.807) is 11.8 Å². The third-order valence-corrected chi connectivity index (χ3v) is 2.80. The summed E-state index contributed by atoms with van der Waals surface area (Å²) in [6.45, 7) is 4.77. The summed E-state index contributed by atoms with van der Waals surface area (Å²) in [7, 11) is 0. The maximum atomic E-state index is 11.8. The van der Waals surface area contributed by atoms with Gasteiger partial charge in [0.15, 0.2) is 0 Å². The second-order valence-electron chi connectivity index (χ2n) is 4.07. The number of aromatic amines is 1. The zero-order valence-electron chi connectivity index (χ0n) is 9.86. The summed E-state index contributed by atoms with van der Waals surface area (Å²) in [6, 6.07) is 0. The lowest BCUT2D eigenvalue weighted by atomic mass is 10.1. The number of nitrogens with zero attached hydrogens (tertiary/aromatic N) is 3.